The average molecular weight is 261 g/mol. The SMILES string of the molecule is CC(C)[C@@H](NC(=O)Nc1ccc(C#N)cc1)C(=O)O. The minimum atomic E-state index is -1.08. The molecule has 0 aromatic heterocycles. The molecule has 2 amide bonds. The normalized spacial score (nSPS) is 11.5. The van der Waals surface area contributed by atoms with E-state index in [0.717, 1.165) is 0 Å². The van der Waals surface area contributed by atoms with E-state index >= 15 is 0 Å². The second-order valence-corrected chi connectivity index (χ2v) is 4.35. The number of nitrogens with zero attached hydrogens (tertiary/aromatic N) is 1. The highest BCUT2D eigenvalue weighted by molar-refractivity contribution is 5.92. The lowest BCUT2D eigenvalue weighted by Gasteiger charge is -2.18. The van der Waals surface area contributed by atoms with E-state index in [9.17, 15) is 9.59 Å². The van der Waals surface area contributed by atoms with E-state index in [2.05, 4.69) is 10.6 Å². The Morgan fingerprint density at radius 3 is 2.26 bits per heavy atom. The van der Waals surface area contributed by atoms with Crippen LogP contribution >= 0.6 is 0 Å². The van der Waals surface area contributed by atoms with Crippen LogP contribution in [0.5, 0.6) is 0 Å². The molecular formula is C13H15N3O3. The van der Waals surface area contributed by atoms with Crippen molar-refractivity contribution in [1.29, 1.82) is 5.26 Å². The minimum absolute atomic E-state index is 0.218. The van der Waals surface area contributed by atoms with Gasteiger partial charge in [0.05, 0.1) is 11.6 Å². The van der Waals surface area contributed by atoms with Crippen LogP contribution in [0.1, 0.15) is 19.4 Å². The van der Waals surface area contributed by atoms with Crippen LogP contribution in [-0.4, -0.2) is 23.1 Å². The van der Waals surface area contributed by atoms with E-state index in [-0.39, 0.29) is 5.92 Å². The summed E-state index contributed by atoms with van der Waals surface area (Å²) in [5.41, 5.74) is 0.973. The highest BCUT2D eigenvalue weighted by atomic mass is 16.4. The summed E-state index contributed by atoms with van der Waals surface area (Å²) < 4.78 is 0. The maximum atomic E-state index is 11.6. The molecule has 1 aromatic rings. The number of nitrogens with one attached hydrogen (secondary N) is 2. The lowest BCUT2D eigenvalue weighted by Crippen LogP contribution is -2.46. The van der Waals surface area contributed by atoms with Crippen LogP contribution in [0, 0.1) is 17.2 Å². The van der Waals surface area contributed by atoms with Gasteiger partial charge in [-0.2, -0.15) is 5.26 Å². The Balaban J connectivity index is 2.64. The number of hydrogen-bond donors (Lipinski definition) is 3. The molecule has 6 heteroatoms. The van der Waals surface area contributed by atoms with Crippen molar-refractivity contribution in [1.82, 2.24) is 5.32 Å². The van der Waals surface area contributed by atoms with Gasteiger partial charge in [0.15, 0.2) is 0 Å². The lowest BCUT2D eigenvalue weighted by molar-refractivity contribution is -0.140. The fourth-order valence-corrected chi connectivity index (χ4v) is 1.45. The Morgan fingerprint density at radius 1 is 1.26 bits per heavy atom. The molecule has 0 bridgehead atoms. The van der Waals surface area contributed by atoms with E-state index in [1.165, 1.54) is 0 Å². The molecule has 100 valence electrons. The second kappa shape index (κ2) is 6.40. The summed E-state index contributed by atoms with van der Waals surface area (Å²) in [4.78, 5) is 22.6. The van der Waals surface area contributed by atoms with Gasteiger partial charge in [0, 0.05) is 5.69 Å². The molecule has 3 N–H and O–H groups in total. The van der Waals surface area contributed by atoms with Crippen molar-refractivity contribution < 1.29 is 14.7 Å². The first-order valence-corrected chi connectivity index (χ1v) is 5.74. The molecule has 0 radical (unpaired) electrons. The van der Waals surface area contributed by atoms with E-state index in [4.69, 9.17) is 10.4 Å². The maximum Gasteiger partial charge on any atom is 0.326 e. The number of amides is 2. The van der Waals surface area contributed by atoms with Crippen LogP contribution in [0.4, 0.5) is 10.5 Å². The van der Waals surface area contributed by atoms with Crippen molar-refractivity contribution in [3.8, 4) is 6.07 Å². The second-order valence-electron chi connectivity index (χ2n) is 4.35. The highest BCUT2D eigenvalue weighted by Gasteiger charge is 2.23. The third-order valence-electron chi connectivity index (χ3n) is 2.49. The summed E-state index contributed by atoms with van der Waals surface area (Å²) in [6, 6.07) is 6.70. The van der Waals surface area contributed by atoms with Gasteiger partial charge in [-0.25, -0.2) is 9.59 Å². The number of carbonyl (C=O) groups excluding carboxylic acids is 1. The lowest BCUT2D eigenvalue weighted by atomic mass is 10.1. The van der Waals surface area contributed by atoms with Crippen LogP contribution < -0.4 is 10.6 Å². The summed E-state index contributed by atoms with van der Waals surface area (Å²) in [6.45, 7) is 3.42. The Kier molecular flexibility index (Phi) is 4.89. The van der Waals surface area contributed by atoms with Crippen LogP contribution in [0.15, 0.2) is 24.3 Å². The highest BCUT2D eigenvalue weighted by Crippen LogP contribution is 2.09. The number of urea groups is 1. The number of benzene rings is 1. The van der Waals surface area contributed by atoms with Crippen molar-refractivity contribution in [2.45, 2.75) is 19.9 Å². The number of rotatable bonds is 4. The van der Waals surface area contributed by atoms with Crippen molar-refractivity contribution in [3.05, 3.63) is 29.8 Å². The number of carboxylic acids is 1. The summed E-state index contributed by atoms with van der Waals surface area (Å²) in [5.74, 6) is -1.30. The van der Waals surface area contributed by atoms with E-state index < -0.39 is 18.0 Å². The standard InChI is InChI=1S/C13H15N3O3/c1-8(2)11(12(17)18)16-13(19)15-10-5-3-9(7-14)4-6-10/h3-6,8,11H,1-2H3,(H,17,18)(H2,15,16,19)/t11-/m1/s1. The zero-order valence-corrected chi connectivity index (χ0v) is 10.7. The zero-order valence-electron chi connectivity index (χ0n) is 10.7. The first-order chi connectivity index (χ1) is 8.93. The molecule has 1 aromatic carbocycles. The smallest absolute Gasteiger partial charge is 0.326 e. The number of aliphatic carboxylic acids is 1. The first-order valence-electron chi connectivity index (χ1n) is 5.74. The van der Waals surface area contributed by atoms with Crippen molar-refractivity contribution >= 4 is 17.7 Å². The molecule has 0 heterocycles. The molecular weight excluding hydrogens is 246 g/mol. The zero-order chi connectivity index (χ0) is 14.4. The third kappa shape index (κ3) is 4.32. The summed E-state index contributed by atoms with van der Waals surface area (Å²) in [7, 11) is 0. The summed E-state index contributed by atoms with van der Waals surface area (Å²) in [6.07, 6.45) is 0. The van der Waals surface area contributed by atoms with Gasteiger partial charge in [-0.15, -0.1) is 0 Å². The summed E-state index contributed by atoms with van der Waals surface area (Å²) in [5, 5.41) is 22.5. The van der Waals surface area contributed by atoms with Gasteiger partial charge in [0.25, 0.3) is 0 Å². The van der Waals surface area contributed by atoms with Gasteiger partial charge in [-0.3, -0.25) is 0 Å². The van der Waals surface area contributed by atoms with Crippen molar-refractivity contribution in [2.75, 3.05) is 5.32 Å². The Morgan fingerprint density at radius 2 is 1.84 bits per heavy atom. The van der Waals surface area contributed by atoms with Crippen LogP contribution in [0.25, 0.3) is 0 Å². The van der Waals surface area contributed by atoms with Crippen LogP contribution in [0.3, 0.4) is 0 Å². The Labute approximate surface area is 111 Å². The quantitative estimate of drug-likeness (QED) is 0.768. The molecule has 0 saturated heterocycles. The van der Waals surface area contributed by atoms with Gasteiger partial charge in [-0.1, -0.05) is 13.8 Å². The molecule has 0 aliphatic heterocycles. The van der Waals surface area contributed by atoms with E-state index in [0.29, 0.717) is 11.3 Å². The van der Waals surface area contributed by atoms with E-state index in [1.807, 2.05) is 6.07 Å². The molecule has 0 aliphatic rings. The molecule has 0 unspecified atom stereocenters. The number of carboxylic acid groups (broad SMARTS) is 1. The molecule has 0 fully saturated rings. The Hall–Kier alpha value is -2.55. The third-order valence-corrected chi connectivity index (χ3v) is 2.49. The molecule has 1 rings (SSSR count). The molecule has 0 saturated carbocycles. The Bertz CT molecular complexity index is 503. The minimum Gasteiger partial charge on any atom is -0.480 e. The summed E-state index contributed by atoms with van der Waals surface area (Å²) >= 11 is 0. The van der Waals surface area contributed by atoms with Gasteiger partial charge < -0.3 is 15.7 Å². The molecule has 0 aliphatic carbocycles. The van der Waals surface area contributed by atoms with Crippen LogP contribution in [0.2, 0.25) is 0 Å². The number of carbonyl (C=O) groups is 2. The van der Waals surface area contributed by atoms with E-state index in [1.54, 1.807) is 38.1 Å². The number of nitriles is 1. The van der Waals surface area contributed by atoms with Crippen LogP contribution in [-0.2, 0) is 4.79 Å². The first kappa shape index (κ1) is 14.5. The largest absolute Gasteiger partial charge is 0.480 e. The average Bonchev–Trinajstić information content (AvgIpc) is 2.36. The predicted molar refractivity (Wildman–Crippen MR) is 69.6 cm³/mol. The number of hydrogen-bond acceptors (Lipinski definition) is 3. The fraction of sp³-hybridized carbons (Fsp3) is 0.308. The van der Waals surface area contributed by atoms with Gasteiger partial charge >= 0.3 is 12.0 Å². The maximum absolute atomic E-state index is 11.6. The topological polar surface area (TPSA) is 102 Å². The van der Waals surface area contributed by atoms with Gasteiger partial charge in [0.1, 0.15) is 6.04 Å². The van der Waals surface area contributed by atoms with Gasteiger partial charge in [0.2, 0.25) is 0 Å². The molecule has 1 atom stereocenters. The number of anilines is 1. The predicted octanol–water partition coefficient (Wildman–Crippen LogP) is 1.79. The molecule has 19 heavy (non-hydrogen) atoms. The van der Waals surface area contributed by atoms with Crippen molar-refractivity contribution in [2.24, 2.45) is 5.92 Å². The fourth-order valence-electron chi connectivity index (χ4n) is 1.45. The molecule has 6 nitrogen and oxygen atoms in total. The monoisotopic (exact) mass is 261 g/mol. The van der Waals surface area contributed by atoms with Gasteiger partial charge in [-0.05, 0) is 30.2 Å². The van der Waals surface area contributed by atoms with Crippen molar-refractivity contribution in [3.63, 3.8) is 0 Å². The molecule has 0 spiro atoms.